The molecule has 3 aromatic rings. The maximum absolute atomic E-state index is 12.5. The molecular weight excluding hydrogens is 499 g/mol. The van der Waals surface area contributed by atoms with E-state index in [9.17, 15) is 9.90 Å². The quantitative estimate of drug-likeness (QED) is 0.266. The number of anilines is 1. The molecule has 3 rings (SSSR count). The standard InChI is InChI=1S/C21H21IN4O2S/c1-4-9-26-20(16-7-5-6-8-17(16)27)24-25-21(26)29-12-18(28)23-19-13(2)10-15(22)11-14(19)3/h4-8,10-11,27H,1,9,12H2,2-3H3,(H,23,28). The van der Waals surface area contributed by atoms with Crippen LogP contribution in [0, 0.1) is 17.4 Å². The lowest BCUT2D eigenvalue weighted by atomic mass is 10.1. The summed E-state index contributed by atoms with van der Waals surface area (Å²) in [5.41, 5.74) is 3.50. The van der Waals surface area contributed by atoms with Gasteiger partial charge in [0.2, 0.25) is 5.91 Å². The van der Waals surface area contributed by atoms with Crippen LogP contribution in [0.2, 0.25) is 0 Å². The Morgan fingerprint density at radius 3 is 2.62 bits per heavy atom. The number of amides is 1. The number of aromatic nitrogens is 3. The summed E-state index contributed by atoms with van der Waals surface area (Å²) < 4.78 is 2.97. The van der Waals surface area contributed by atoms with Gasteiger partial charge in [-0.2, -0.15) is 0 Å². The minimum Gasteiger partial charge on any atom is -0.507 e. The van der Waals surface area contributed by atoms with Gasteiger partial charge in [0.15, 0.2) is 11.0 Å². The van der Waals surface area contributed by atoms with Crippen molar-refractivity contribution in [2.24, 2.45) is 0 Å². The van der Waals surface area contributed by atoms with Gasteiger partial charge in [-0.25, -0.2) is 0 Å². The van der Waals surface area contributed by atoms with E-state index in [0.29, 0.717) is 23.1 Å². The van der Waals surface area contributed by atoms with Crippen LogP contribution < -0.4 is 5.32 Å². The highest BCUT2D eigenvalue weighted by atomic mass is 127. The van der Waals surface area contributed by atoms with Gasteiger partial charge in [-0.1, -0.05) is 30.0 Å². The second kappa shape index (κ2) is 9.45. The van der Waals surface area contributed by atoms with Crippen LogP contribution in [0.4, 0.5) is 5.69 Å². The van der Waals surface area contributed by atoms with Gasteiger partial charge < -0.3 is 10.4 Å². The lowest BCUT2D eigenvalue weighted by Gasteiger charge is -2.12. The molecule has 0 radical (unpaired) electrons. The fourth-order valence-corrected chi connectivity index (χ4v) is 4.65. The van der Waals surface area contributed by atoms with Crippen molar-refractivity contribution in [2.75, 3.05) is 11.1 Å². The predicted molar refractivity (Wildman–Crippen MR) is 125 cm³/mol. The highest BCUT2D eigenvalue weighted by Gasteiger charge is 2.17. The van der Waals surface area contributed by atoms with Crippen LogP contribution in [-0.2, 0) is 11.3 Å². The number of aromatic hydroxyl groups is 1. The number of nitrogens with one attached hydrogen (secondary N) is 1. The second-order valence-electron chi connectivity index (χ2n) is 6.47. The minimum absolute atomic E-state index is 0.111. The third kappa shape index (κ3) is 4.99. The van der Waals surface area contributed by atoms with E-state index in [1.807, 2.05) is 36.6 Å². The van der Waals surface area contributed by atoms with Crippen molar-refractivity contribution in [3.8, 4) is 17.1 Å². The molecule has 29 heavy (non-hydrogen) atoms. The molecule has 0 bridgehead atoms. The Morgan fingerprint density at radius 2 is 1.97 bits per heavy atom. The number of phenolic OH excluding ortho intramolecular Hbond substituents is 1. The zero-order valence-corrected chi connectivity index (χ0v) is 19.1. The number of carbonyl (C=O) groups excluding carboxylic acids is 1. The molecule has 2 aromatic carbocycles. The summed E-state index contributed by atoms with van der Waals surface area (Å²) in [6, 6.07) is 11.0. The molecule has 150 valence electrons. The number of hydrogen-bond acceptors (Lipinski definition) is 5. The summed E-state index contributed by atoms with van der Waals surface area (Å²) >= 11 is 3.56. The first-order valence-electron chi connectivity index (χ1n) is 8.92. The van der Waals surface area contributed by atoms with Gasteiger partial charge in [-0.05, 0) is 71.8 Å². The number of allylic oxidation sites excluding steroid dienone is 1. The average molecular weight is 520 g/mol. The number of phenols is 1. The zero-order chi connectivity index (χ0) is 21.0. The average Bonchev–Trinajstić information content (AvgIpc) is 3.06. The van der Waals surface area contributed by atoms with Crippen molar-refractivity contribution >= 4 is 45.9 Å². The fourth-order valence-electron chi connectivity index (χ4n) is 2.96. The summed E-state index contributed by atoms with van der Waals surface area (Å²) in [6.45, 7) is 8.22. The lowest BCUT2D eigenvalue weighted by molar-refractivity contribution is -0.113. The number of halogens is 1. The van der Waals surface area contributed by atoms with Crippen molar-refractivity contribution in [1.82, 2.24) is 14.8 Å². The van der Waals surface area contributed by atoms with Crippen molar-refractivity contribution in [2.45, 2.75) is 25.5 Å². The molecule has 0 fully saturated rings. The van der Waals surface area contributed by atoms with E-state index in [1.54, 1.807) is 24.3 Å². The molecule has 0 aliphatic heterocycles. The Hall–Kier alpha value is -2.33. The van der Waals surface area contributed by atoms with Crippen LogP contribution in [0.25, 0.3) is 11.4 Å². The number of thioether (sulfide) groups is 1. The van der Waals surface area contributed by atoms with Gasteiger partial charge in [-0.15, -0.1) is 16.8 Å². The molecule has 0 saturated carbocycles. The van der Waals surface area contributed by atoms with E-state index >= 15 is 0 Å². The monoisotopic (exact) mass is 520 g/mol. The molecule has 8 heteroatoms. The zero-order valence-electron chi connectivity index (χ0n) is 16.1. The van der Waals surface area contributed by atoms with E-state index < -0.39 is 0 Å². The third-order valence-electron chi connectivity index (χ3n) is 4.27. The maximum Gasteiger partial charge on any atom is 0.234 e. The molecule has 0 unspecified atom stereocenters. The van der Waals surface area contributed by atoms with Crippen LogP contribution in [0.3, 0.4) is 0 Å². The number of hydrogen-bond donors (Lipinski definition) is 2. The van der Waals surface area contributed by atoms with Crippen molar-refractivity contribution in [3.05, 3.63) is 63.8 Å². The molecule has 0 spiro atoms. The lowest BCUT2D eigenvalue weighted by Crippen LogP contribution is -2.16. The summed E-state index contributed by atoms with van der Waals surface area (Å²) in [5.74, 6) is 0.750. The molecular formula is C21H21IN4O2S. The smallest absolute Gasteiger partial charge is 0.234 e. The molecule has 1 amide bonds. The van der Waals surface area contributed by atoms with Gasteiger partial charge in [0.1, 0.15) is 5.75 Å². The summed E-state index contributed by atoms with van der Waals surface area (Å²) in [4.78, 5) is 12.5. The van der Waals surface area contributed by atoms with Crippen LogP contribution in [-0.4, -0.2) is 31.5 Å². The van der Waals surface area contributed by atoms with Gasteiger partial charge in [-0.3, -0.25) is 9.36 Å². The SMILES string of the molecule is C=CCn1c(SCC(=O)Nc2c(C)cc(I)cc2C)nnc1-c1ccccc1O. The predicted octanol–water partition coefficient (Wildman–Crippen LogP) is 4.79. The summed E-state index contributed by atoms with van der Waals surface area (Å²) in [6.07, 6.45) is 1.73. The highest BCUT2D eigenvalue weighted by Crippen LogP contribution is 2.30. The fraction of sp³-hybridized carbons (Fsp3) is 0.190. The van der Waals surface area contributed by atoms with E-state index in [4.69, 9.17) is 0 Å². The van der Waals surface area contributed by atoms with Gasteiger partial charge >= 0.3 is 0 Å². The first kappa shape index (κ1) is 21.4. The Balaban J connectivity index is 1.76. The van der Waals surface area contributed by atoms with Crippen LogP contribution in [0.15, 0.2) is 54.2 Å². The number of para-hydroxylation sites is 1. The molecule has 6 nitrogen and oxygen atoms in total. The topological polar surface area (TPSA) is 80.0 Å². The molecule has 1 heterocycles. The number of benzene rings is 2. The Labute approximate surface area is 187 Å². The van der Waals surface area contributed by atoms with E-state index in [1.165, 1.54) is 11.8 Å². The summed E-state index contributed by atoms with van der Waals surface area (Å²) in [7, 11) is 0. The number of nitrogens with zero attached hydrogens (tertiary/aromatic N) is 3. The molecule has 0 saturated heterocycles. The number of rotatable bonds is 7. The first-order chi connectivity index (χ1) is 13.9. The van der Waals surface area contributed by atoms with Crippen molar-refractivity contribution in [1.29, 1.82) is 0 Å². The Kier molecular flexibility index (Phi) is 6.96. The number of carbonyl (C=O) groups is 1. The highest BCUT2D eigenvalue weighted by molar-refractivity contribution is 14.1. The third-order valence-corrected chi connectivity index (χ3v) is 5.86. The second-order valence-corrected chi connectivity index (χ2v) is 8.66. The van der Waals surface area contributed by atoms with Crippen LogP contribution in [0.1, 0.15) is 11.1 Å². The number of aryl methyl sites for hydroxylation is 2. The molecule has 1 aromatic heterocycles. The summed E-state index contributed by atoms with van der Waals surface area (Å²) in [5, 5.41) is 22.2. The largest absolute Gasteiger partial charge is 0.507 e. The Morgan fingerprint density at radius 1 is 1.28 bits per heavy atom. The van der Waals surface area contributed by atoms with Gasteiger partial charge in [0.05, 0.1) is 11.3 Å². The van der Waals surface area contributed by atoms with Gasteiger partial charge in [0.25, 0.3) is 0 Å². The van der Waals surface area contributed by atoms with Gasteiger partial charge in [0, 0.05) is 15.8 Å². The van der Waals surface area contributed by atoms with Crippen LogP contribution in [0.5, 0.6) is 5.75 Å². The van der Waals surface area contributed by atoms with E-state index in [2.05, 4.69) is 44.7 Å². The van der Waals surface area contributed by atoms with E-state index in [-0.39, 0.29) is 17.4 Å². The Bertz CT molecular complexity index is 1040. The first-order valence-corrected chi connectivity index (χ1v) is 11.0. The van der Waals surface area contributed by atoms with E-state index in [0.717, 1.165) is 20.4 Å². The van der Waals surface area contributed by atoms with Crippen LogP contribution >= 0.6 is 34.4 Å². The molecule has 0 aliphatic rings. The molecule has 0 aliphatic carbocycles. The molecule has 0 atom stereocenters. The normalized spacial score (nSPS) is 10.7. The van der Waals surface area contributed by atoms with Crippen molar-refractivity contribution < 1.29 is 9.90 Å². The minimum atomic E-state index is -0.111. The maximum atomic E-state index is 12.5. The molecule has 2 N–H and O–H groups in total. The van der Waals surface area contributed by atoms with Crippen molar-refractivity contribution in [3.63, 3.8) is 0 Å².